The maximum Gasteiger partial charge on any atom is 0.240 e. The van der Waals surface area contributed by atoms with Crippen LogP contribution >= 0.6 is 0 Å². The van der Waals surface area contributed by atoms with Crippen LogP contribution in [0.4, 0.5) is 5.69 Å². The van der Waals surface area contributed by atoms with Crippen LogP contribution in [0, 0.1) is 0 Å². The van der Waals surface area contributed by atoms with Gasteiger partial charge in [-0.3, -0.25) is 0 Å². The molecule has 0 aliphatic heterocycles. The van der Waals surface area contributed by atoms with Gasteiger partial charge < -0.3 is 0 Å². The van der Waals surface area contributed by atoms with Crippen molar-refractivity contribution in [1.29, 1.82) is 0 Å². The van der Waals surface area contributed by atoms with Crippen molar-refractivity contribution < 1.29 is 9.59 Å². The summed E-state index contributed by atoms with van der Waals surface area (Å²) in [6.45, 7) is 7.58. The summed E-state index contributed by atoms with van der Waals surface area (Å²) in [4.78, 5) is 28.6. The first-order valence-corrected chi connectivity index (χ1v) is 5.74. The predicted octanol–water partition coefficient (Wildman–Crippen LogP) is 3.35. The Kier molecular flexibility index (Phi) is 4.33. The zero-order valence-electron chi connectivity index (χ0n) is 11.0. The highest BCUT2D eigenvalue weighted by molar-refractivity contribution is 5.62. The van der Waals surface area contributed by atoms with Crippen molar-refractivity contribution in [2.24, 2.45) is 9.98 Å². The summed E-state index contributed by atoms with van der Waals surface area (Å²) in [5.41, 5.74) is 1.44. The van der Waals surface area contributed by atoms with Crippen LogP contribution in [-0.2, 0) is 15.1 Å². The van der Waals surface area contributed by atoms with E-state index in [9.17, 15) is 9.59 Å². The number of para-hydroxylation sites is 1. The van der Waals surface area contributed by atoms with E-state index >= 15 is 0 Å². The first kappa shape index (κ1) is 14.0. The van der Waals surface area contributed by atoms with Crippen LogP contribution in [0.2, 0.25) is 0 Å². The quantitative estimate of drug-likeness (QED) is 0.602. The van der Waals surface area contributed by atoms with Crippen molar-refractivity contribution in [2.75, 3.05) is 0 Å². The molecule has 0 heterocycles. The number of hydrogen-bond donors (Lipinski definition) is 0. The van der Waals surface area contributed by atoms with Crippen LogP contribution in [0.5, 0.6) is 0 Å². The molecule has 0 saturated carbocycles. The Labute approximate surface area is 106 Å². The summed E-state index contributed by atoms with van der Waals surface area (Å²) in [7, 11) is 0. The molecule has 0 saturated heterocycles. The van der Waals surface area contributed by atoms with Gasteiger partial charge in [-0.1, -0.05) is 32.0 Å². The molecule has 0 atom stereocenters. The molecule has 1 aromatic carbocycles. The Morgan fingerprint density at radius 1 is 1.17 bits per heavy atom. The molecule has 18 heavy (non-hydrogen) atoms. The van der Waals surface area contributed by atoms with Gasteiger partial charge in [0.1, 0.15) is 0 Å². The normalized spacial score (nSPS) is 10.7. The van der Waals surface area contributed by atoms with Gasteiger partial charge in [0, 0.05) is 5.56 Å². The standard InChI is InChI=1S/C14H16N2O2/c1-10(2)11-6-5-7-12(13(11)15-8-17)14(3,4)16-9-18/h5-7,10H,1-4H3. The van der Waals surface area contributed by atoms with Gasteiger partial charge in [-0.25, -0.2) is 9.59 Å². The molecule has 4 nitrogen and oxygen atoms in total. The largest absolute Gasteiger partial charge is 0.240 e. The fourth-order valence-corrected chi connectivity index (χ4v) is 1.87. The highest BCUT2D eigenvalue weighted by Gasteiger charge is 2.25. The number of benzene rings is 1. The molecule has 94 valence electrons. The van der Waals surface area contributed by atoms with Gasteiger partial charge in [-0.2, -0.15) is 9.98 Å². The fraction of sp³-hybridized carbons (Fsp3) is 0.429. The number of aliphatic imine (C=N–C) groups is 2. The smallest absolute Gasteiger partial charge is 0.211 e. The lowest BCUT2D eigenvalue weighted by atomic mass is 9.88. The summed E-state index contributed by atoms with van der Waals surface area (Å²) in [6, 6.07) is 5.59. The van der Waals surface area contributed by atoms with E-state index < -0.39 is 5.54 Å². The van der Waals surface area contributed by atoms with Gasteiger partial charge in [0.2, 0.25) is 12.2 Å². The van der Waals surface area contributed by atoms with Gasteiger partial charge in [0.25, 0.3) is 0 Å². The Morgan fingerprint density at radius 3 is 2.33 bits per heavy atom. The highest BCUT2D eigenvalue weighted by Crippen LogP contribution is 2.37. The molecular weight excluding hydrogens is 228 g/mol. The first-order valence-electron chi connectivity index (χ1n) is 5.74. The SMILES string of the molecule is CC(C)c1cccc(C(C)(C)N=C=O)c1N=C=O. The molecule has 0 spiro atoms. The lowest BCUT2D eigenvalue weighted by Crippen LogP contribution is -2.14. The zero-order chi connectivity index (χ0) is 13.8. The van der Waals surface area contributed by atoms with Crippen molar-refractivity contribution >= 4 is 17.8 Å². The number of hydrogen-bond acceptors (Lipinski definition) is 4. The van der Waals surface area contributed by atoms with E-state index in [1.807, 2.05) is 32.0 Å². The van der Waals surface area contributed by atoms with Crippen LogP contribution in [0.1, 0.15) is 44.7 Å². The zero-order valence-corrected chi connectivity index (χ0v) is 11.0. The summed E-state index contributed by atoms with van der Waals surface area (Å²) >= 11 is 0. The van der Waals surface area contributed by atoms with E-state index in [-0.39, 0.29) is 5.92 Å². The van der Waals surface area contributed by atoms with Crippen molar-refractivity contribution in [3.8, 4) is 0 Å². The van der Waals surface area contributed by atoms with Crippen molar-refractivity contribution in [2.45, 2.75) is 39.2 Å². The highest BCUT2D eigenvalue weighted by atomic mass is 16.1. The summed E-state index contributed by atoms with van der Waals surface area (Å²) in [5.74, 6) is 0.216. The topological polar surface area (TPSA) is 58.9 Å². The molecule has 0 radical (unpaired) electrons. The van der Waals surface area contributed by atoms with Crippen LogP contribution in [0.3, 0.4) is 0 Å². The minimum absolute atomic E-state index is 0.216. The second-order valence-corrected chi connectivity index (χ2v) is 4.86. The molecule has 0 aliphatic rings. The third-order valence-electron chi connectivity index (χ3n) is 2.83. The van der Waals surface area contributed by atoms with Gasteiger partial charge in [-0.15, -0.1) is 0 Å². The van der Waals surface area contributed by atoms with Crippen LogP contribution < -0.4 is 0 Å². The Bertz CT molecular complexity index is 535. The van der Waals surface area contributed by atoms with Gasteiger partial charge >= 0.3 is 0 Å². The molecule has 0 amide bonds. The molecule has 1 aromatic rings. The molecule has 0 aromatic heterocycles. The van der Waals surface area contributed by atoms with E-state index in [0.717, 1.165) is 11.1 Å². The van der Waals surface area contributed by atoms with Crippen LogP contribution in [0.25, 0.3) is 0 Å². The molecule has 1 rings (SSSR count). The van der Waals surface area contributed by atoms with E-state index in [0.29, 0.717) is 5.69 Å². The summed E-state index contributed by atoms with van der Waals surface area (Å²) in [6.07, 6.45) is 3.13. The molecule has 0 N–H and O–H groups in total. The van der Waals surface area contributed by atoms with E-state index in [1.165, 1.54) is 0 Å². The first-order chi connectivity index (χ1) is 8.44. The Hall–Kier alpha value is -2.02. The minimum atomic E-state index is -0.762. The summed E-state index contributed by atoms with van der Waals surface area (Å²) < 4.78 is 0. The number of nitrogens with zero attached hydrogens (tertiary/aromatic N) is 2. The van der Waals surface area contributed by atoms with Crippen LogP contribution in [-0.4, -0.2) is 12.2 Å². The Morgan fingerprint density at radius 2 is 1.83 bits per heavy atom. The van der Waals surface area contributed by atoms with Gasteiger partial charge in [-0.05, 0) is 25.3 Å². The number of isocyanates is 2. The van der Waals surface area contributed by atoms with E-state index in [2.05, 4.69) is 9.98 Å². The fourth-order valence-electron chi connectivity index (χ4n) is 1.87. The average Bonchev–Trinajstić information content (AvgIpc) is 2.29. The maximum atomic E-state index is 10.6. The molecule has 0 unspecified atom stereocenters. The predicted molar refractivity (Wildman–Crippen MR) is 69.5 cm³/mol. The molecule has 0 aliphatic carbocycles. The third kappa shape index (κ3) is 2.80. The molecular formula is C14H16N2O2. The third-order valence-corrected chi connectivity index (χ3v) is 2.83. The average molecular weight is 244 g/mol. The Balaban J connectivity index is 3.58. The molecule has 0 fully saturated rings. The monoisotopic (exact) mass is 244 g/mol. The maximum absolute atomic E-state index is 10.6. The van der Waals surface area contributed by atoms with E-state index in [1.54, 1.807) is 26.0 Å². The molecule has 0 bridgehead atoms. The minimum Gasteiger partial charge on any atom is -0.211 e. The van der Waals surface area contributed by atoms with Crippen LogP contribution in [0.15, 0.2) is 28.2 Å². The van der Waals surface area contributed by atoms with Gasteiger partial charge in [0.15, 0.2) is 0 Å². The van der Waals surface area contributed by atoms with Crippen molar-refractivity contribution in [1.82, 2.24) is 0 Å². The summed E-state index contributed by atoms with van der Waals surface area (Å²) in [5, 5.41) is 0. The van der Waals surface area contributed by atoms with Crippen molar-refractivity contribution in [3.63, 3.8) is 0 Å². The van der Waals surface area contributed by atoms with Crippen molar-refractivity contribution in [3.05, 3.63) is 29.3 Å². The number of carbonyl (C=O) groups excluding carboxylic acids is 2. The lowest BCUT2D eigenvalue weighted by molar-refractivity contribution is 0.523. The molecule has 4 heteroatoms. The van der Waals surface area contributed by atoms with Gasteiger partial charge in [0.05, 0.1) is 11.2 Å². The lowest BCUT2D eigenvalue weighted by Gasteiger charge is -2.22. The second-order valence-electron chi connectivity index (χ2n) is 4.86. The van der Waals surface area contributed by atoms with E-state index in [4.69, 9.17) is 0 Å². The second kappa shape index (κ2) is 5.54. The number of rotatable bonds is 4.